The predicted octanol–water partition coefficient (Wildman–Crippen LogP) is 12.8. The Bertz CT molecular complexity index is 4140. The van der Waals surface area contributed by atoms with Crippen molar-refractivity contribution in [3.8, 4) is 34.2 Å². The van der Waals surface area contributed by atoms with E-state index in [9.17, 15) is 14.4 Å². The number of H-pyrrole nitrogens is 3. The van der Waals surface area contributed by atoms with Gasteiger partial charge in [-0.3, -0.25) is 14.4 Å². The van der Waals surface area contributed by atoms with E-state index in [1.54, 1.807) is 34.0 Å². The molecule has 6 aromatic carbocycles. The van der Waals surface area contributed by atoms with E-state index in [1.165, 1.54) is 46.2 Å². The van der Waals surface area contributed by atoms with Gasteiger partial charge in [0.2, 0.25) is 0 Å². The zero-order chi connectivity index (χ0) is 51.8. The van der Waals surface area contributed by atoms with Crippen LogP contribution in [0.1, 0.15) is 32.1 Å². The van der Waals surface area contributed by atoms with Crippen molar-refractivity contribution in [2.24, 2.45) is 0 Å². The Morgan fingerprint density at radius 3 is 1.06 bits per heavy atom. The number of hydrogen-bond donors (Lipinski definition) is 3. The summed E-state index contributed by atoms with van der Waals surface area (Å²) in [5.41, 5.74) is 8.21. The summed E-state index contributed by atoms with van der Waals surface area (Å²) in [5.74, 6) is 1.91. The van der Waals surface area contributed by atoms with Crippen molar-refractivity contribution in [1.29, 1.82) is 0 Å². The molecule has 3 aliphatic rings. The number of nitrogens with zero attached hydrogens (tertiary/aromatic N) is 6. The molecule has 13 nitrogen and oxygen atoms in total. The van der Waals surface area contributed by atoms with Gasteiger partial charge >= 0.3 is 0 Å². The summed E-state index contributed by atoms with van der Waals surface area (Å²) >= 11 is 5.00. The average Bonchev–Trinajstić information content (AvgIpc) is 4.35. The smallest absolute Gasteiger partial charge is 0.259 e. The molecule has 3 fully saturated rings. The molecule has 12 aromatic rings. The number of nitrogens with one attached hydrogen (secondary N) is 3. The minimum atomic E-state index is -0.101. The second kappa shape index (κ2) is 21.2. The fourth-order valence-electron chi connectivity index (χ4n) is 10.8. The van der Waals surface area contributed by atoms with Gasteiger partial charge in [0, 0.05) is 119 Å². The molecule has 9 heterocycles. The molecule has 0 atom stereocenters. The molecule has 0 aliphatic carbocycles. The highest BCUT2D eigenvalue weighted by atomic mass is 32.1. The molecule has 15 rings (SSSR count). The van der Waals surface area contributed by atoms with Crippen LogP contribution in [0.5, 0.6) is 0 Å². The lowest BCUT2D eigenvalue weighted by Crippen LogP contribution is -2.36. The van der Waals surface area contributed by atoms with Crippen LogP contribution in [-0.4, -0.2) is 82.4 Å². The number of anilines is 3. The van der Waals surface area contributed by atoms with Crippen LogP contribution in [0.3, 0.4) is 0 Å². The summed E-state index contributed by atoms with van der Waals surface area (Å²) in [7, 11) is 0. The van der Waals surface area contributed by atoms with Crippen molar-refractivity contribution in [2.75, 3.05) is 67.2 Å². The minimum absolute atomic E-state index is 0.0702. The summed E-state index contributed by atoms with van der Waals surface area (Å²) in [6.45, 7) is 7.39. The van der Waals surface area contributed by atoms with E-state index in [-0.39, 0.29) is 16.7 Å². The molecule has 16 heteroatoms. The summed E-state index contributed by atoms with van der Waals surface area (Å²) < 4.78 is 8.99. The Labute approximate surface area is 454 Å². The van der Waals surface area contributed by atoms with Gasteiger partial charge in [-0.15, -0.1) is 34.0 Å². The molecule has 3 saturated heterocycles. The van der Waals surface area contributed by atoms with Crippen LogP contribution >= 0.6 is 34.0 Å². The molecule has 0 unspecified atom stereocenters. The highest BCUT2D eigenvalue weighted by molar-refractivity contribution is 7.18. The third-order valence-corrected chi connectivity index (χ3v) is 17.7. The molecule has 0 bridgehead atoms. The molecule has 0 amide bonds. The number of aromatic amines is 3. The number of benzene rings is 6. The lowest BCUT2D eigenvalue weighted by atomic mass is 10.1. The highest BCUT2D eigenvalue weighted by Crippen LogP contribution is 2.36. The SMILES string of the molecule is O=c1[nH]c(-c2csc3ccccc23)nc2ccc(N3CCCC3)cc12.O=c1[nH]c(-c2csc3ccccc23)nc2ccc(N3CCCCC3)cc12.O=c1[nH]c(-c2csc3ccccc23)nc2ccc(N3CCOCC3)cc12. The van der Waals surface area contributed by atoms with Gasteiger partial charge in [-0.1, -0.05) is 54.6 Å². The summed E-state index contributed by atoms with van der Waals surface area (Å²) in [6.07, 6.45) is 6.17. The van der Waals surface area contributed by atoms with Crippen LogP contribution in [0, 0.1) is 0 Å². The molecule has 0 saturated carbocycles. The van der Waals surface area contributed by atoms with Crippen molar-refractivity contribution in [2.45, 2.75) is 32.1 Å². The molecule has 0 radical (unpaired) electrons. The minimum Gasteiger partial charge on any atom is -0.378 e. The maximum atomic E-state index is 12.8. The molecular formula is C61H53N9O4S3. The molecular weight excluding hydrogens is 1020 g/mol. The first-order valence-electron chi connectivity index (χ1n) is 26.2. The Morgan fingerprint density at radius 2 is 0.701 bits per heavy atom. The number of piperidine rings is 1. The van der Waals surface area contributed by atoms with E-state index < -0.39 is 0 Å². The third kappa shape index (κ3) is 9.78. The molecule has 3 aliphatic heterocycles. The number of ether oxygens (including phenoxy) is 1. The van der Waals surface area contributed by atoms with Crippen LogP contribution in [0.15, 0.2) is 158 Å². The molecule has 3 N–H and O–H groups in total. The fraction of sp³-hybridized carbons (Fsp3) is 0.213. The Balaban J connectivity index is 0.000000110. The number of fused-ring (bicyclic) bond motifs is 6. The molecule has 0 spiro atoms. The van der Waals surface area contributed by atoms with Crippen LogP contribution in [0.2, 0.25) is 0 Å². The van der Waals surface area contributed by atoms with Gasteiger partial charge in [0.1, 0.15) is 17.5 Å². The van der Waals surface area contributed by atoms with E-state index in [0.29, 0.717) is 33.6 Å². The monoisotopic (exact) mass is 1070 g/mol. The fourth-order valence-corrected chi connectivity index (χ4v) is 13.6. The van der Waals surface area contributed by atoms with Gasteiger partial charge in [0.05, 0.1) is 45.9 Å². The largest absolute Gasteiger partial charge is 0.378 e. The predicted molar refractivity (Wildman–Crippen MR) is 320 cm³/mol. The summed E-state index contributed by atoms with van der Waals surface area (Å²) in [4.78, 5) is 68.3. The van der Waals surface area contributed by atoms with Crippen LogP contribution in [-0.2, 0) is 4.74 Å². The van der Waals surface area contributed by atoms with Crippen LogP contribution in [0.25, 0.3) is 97.1 Å². The van der Waals surface area contributed by atoms with Crippen molar-refractivity contribution in [3.63, 3.8) is 0 Å². The number of rotatable bonds is 6. The van der Waals surface area contributed by atoms with Crippen molar-refractivity contribution < 1.29 is 4.74 Å². The van der Waals surface area contributed by atoms with Crippen LogP contribution in [0.4, 0.5) is 17.1 Å². The second-order valence-corrected chi connectivity index (χ2v) is 22.4. The van der Waals surface area contributed by atoms with Gasteiger partial charge in [0.15, 0.2) is 0 Å². The normalized spacial score (nSPS) is 14.9. The van der Waals surface area contributed by atoms with E-state index in [2.05, 4.69) is 94.3 Å². The zero-order valence-electron chi connectivity index (χ0n) is 42.1. The van der Waals surface area contributed by atoms with E-state index in [1.807, 2.05) is 78.9 Å². The lowest BCUT2D eigenvalue weighted by molar-refractivity contribution is 0.122. The first-order valence-corrected chi connectivity index (χ1v) is 28.9. The van der Waals surface area contributed by atoms with Gasteiger partial charge in [-0.2, -0.15) is 0 Å². The molecule has 77 heavy (non-hydrogen) atoms. The van der Waals surface area contributed by atoms with Gasteiger partial charge < -0.3 is 34.4 Å². The van der Waals surface area contributed by atoms with Crippen LogP contribution < -0.4 is 31.4 Å². The Hall–Kier alpha value is -8.02. The second-order valence-electron chi connectivity index (χ2n) is 19.6. The van der Waals surface area contributed by atoms with Crippen molar-refractivity contribution >= 4 is 114 Å². The number of hydrogen-bond acceptors (Lipinski definition) is 13. The Kier molecular flexibility index (Phi) is 13.4. The topological polar surface area (TPSA) is 156 Å². The van der Waals surface area contributed by atoms with Crippen molar-refractivity contribution in [1.82, 2.24) is 29.9 Å². The molecule has 384 valence electrons. The van der Waals surface area contributed by atoms with Gasteiger partial charge in [0.25, 0.3) is 16.7 Å². The Morgan fingerprint density at radius 1 is 0.377 bits per heavy atom. The maximum absolute atomic E-state index is 12.8. The van der Waals surface area contributed by atoms with E-state index in [0.717, 1.165) is 119 Å². The number of aromatic nitrogens is 6. The standard InChI is InChI=1S/C21H19N3OS.C20H17N3O2S.C20H17N3OS/c25-21-16-12-14(24-10-4-1-5-11-24)8-9-18(16)22-20(23-21)17-13-26-19-7-3-2-6-15(17)19;24-20-15-11-13(23-7-9-25-10-8-23)5-6-17(15)21-19(22-20)16-12-26-18-4-2-1-3-14(16)18;24-20-15-11-13(23-9-3-4-10-23)7-8-17(15)21-19(22-20)16-12-25-18-6-2-1-5-14(16)18/h2-3,6-9,12-13H,1,4-5,10-11H2,(H,22,23,25);1-6,11-12H,7-10H2,(H,21,22,24);1-2,5-8,11-12H,3-4,9-10H2,(H,21,22,24). The lowest BCUT2D eigenvalue weighted by Gasteiger charge is -2.28. The van der Waals surface area contributed by atoms with Crippen molar-refractivity contribution in [3.05, 3.63) is 175 Å². The van der Waals surface area contributed by atoms with Gasteiger partial charge in [-0.25, -0.2) is 15.0 Å². The summed E-state index contributed by atoms with van der Waals surface area (Å²) in [6, 6.07) is 42.6. The highest BCUT2D eigenvalue weighted by Gasteiger charge is 2.19. The average molecular weight is 1070 g/mol. The number of morpholine rings is 1. The third-order valence-electron chi connectivity index (χ3n) is 14.8. The van der Waals surface area contributed by atoms with Gasteiger partial charge in [-0.05, 0) is 105 Å². The summed E-state index contributed by atoms with van der Waals surface area (Å²) in [5, 5.41) is 11.5. The maximum Gasteiger partial charge on any atom is 0.259 e. The van der Waals surface area contributed by atoms with E-state index in [4.69, 9.17) is 19.7 Å². The zero-order valence-corrected chi connectivity index (χ0v) is 44.5. The molecule has 6 aromatic heterocycles. The van der Waals surface area contributed by atoms with E-state index >= 15 is 0 Å². The first-order chi connectivity index (χ1) is 37.9. The number of thiophene rings is 3. The quantitative estimate of drug-likeness (QED) is 0.146. The first kappa shape index (κ1) is 48.6.